The minimum atomic E-state index is -0.579. The molecule has 5 heteroatoms. The molecule has 0 fully saturated rings. The molecule has 3 nitrogen and oxygen atoms in total. The average molecular weight is 304 g/mol. The first kappa shape index (κ1) is 14.7. The number of carbonyl (C=O) groups is 1. The Balaban J connectivity index is 2.09. The van der Waals surface area contributed by atoms with Gasteiger partial charge in [-0.3, -0.25) is 4.79 Å². The van der Waals surface area contributed by atoms with Gasteiger partial charge in [-0.05, 0) is 34.4 Å². The van der Waals surface area contributed by atoms with Crippen molar-refractivity contribution in [3.63, 3.8) is 0 Å². The highest BCUT2D eigenvalue weighted by molar-refractivity contribution is 7.80. The summed E-state index contributed by atoms with van der Waals surface area (Å²) in [5.74, 6) is -0.737. The fourth-order valence-corrected chi connectivity index (χ4v) is 3.04. The Bertz CT molecular complexity index is 607. The first-order valence-corrected chi connectivity index (χ1v) is 7.58. The van der Waals surface area contributed by atoms with Gasteiger partial charge in [0.25, 0.3) is 0 Å². The van der Waals surface area contributed by atoms with Gasteiger partial charge in [-0.2, -0.15) is 11.3 Å². The predicted octanol–water partition coefficient (Wildman–Crippen LogP) is 2.74. The zero-order valence-corrected chi connectivity index (χ0v) is 12.8. The van der Waals surface area contributed by atoms with Crippen LogP contribution in [0.3, 0.4) is 0 Å². The highest BCUT2D eigenvalue weighted by Gasteiger charge is 2.23. The molecule has 1 atom stereocenters. The van der Waals surface area contributed by atoms with Crippen molar-refractivity contribution in [1.82, 2.24) is 5.32 Å². The molecular weight excluding hydrogens is 288 g/mol. The number of carbonyl (C=O) groups excluding carboxylic acids is 1. The Morgan fingerprint density at radius 2 is 2.05 bits per heavy atom. The second-order valence-electron chi connectivity index (χ2n) is 4.54. The third-order valence-corrected chi connectivity index (χ3v) is 4.24. The lowest BCUT2D eigenvalue weighted by Gasteiger charge is -2.16. The number of nitrogens with two attached hydrogens (primary N) is 1. The largest absolute Gasteiger partial charge is 0.392 e. The molecule has 104 valence electrons. The summed E-state index contributed by atoms with van der Waals surface area (Å²) in [4.78, 5) is 12.5. The molecule has 0 aliphatic carbocycles. The summed E-state index contributed by atoms with van der Waals surface area (Å²) in [6, 6.07) is 9.36. The fourth-order valence-electron chi connectivity index (χ4n) is 1.94. The van der Waals surface area contributed by atoms with Crippen molar-refractivity contribution in [2.75, 3.05) is 0 Å². The first-order chi connectivity index (χ1) is 9.59. The maximum absolute atomic E-state index is 12.3. The second kappa shape index (κ2) is 6.63. The van der Waals surface area contributed by atoms with E-state index in [0.717, 1.165) is 11.1 Å². The van der Waals surface area contributed by atoms with E-state index in [4.69, 9.17) is 18.0 Å². The van der Waals surface area contributed by atoms with Crippen molar-refractivity contribution >= 4 is 34.5 Å². The third kappa shape index (κ3) is 3.43. The van der Waals surface area contributed by atoms with Gasteiger partial charge in [-0.15, -0.1) is 0 Å². The topological polar surface area (TPSA) is 55.1 Å². The highest BCUT2D eigenvalue weighted by Crippen LogP contribution is 2.17. The molecule has 0 aliphatic heterocycles. The SMILES string of the molecule is Cc1cscc1CNC(=O)C(C(N)=S)c1ccccc1. The molecule has 3 N–H and O–H groups in total. The van der Waals surface area contributed by atoms with E-state index in [0.29, 0.717) is 6.54 Å². The molecule has 1 aromatic heterocycles. The monoisotopic (exact) mass is 304 g/mol. The van der Waals surface area contributed by atoms with Crippen LogP contribution in [-0.4, -0.2) is 10.9 Å². The number of hydrogen-bond donors (Lipinski definition) is 2. The van der Waals surface area contributed by atoms with Crippen LogP contribution in [0.4, 0.5) is 0 Å². The maximum atomic E-state index is 12.3. The van der Waals surface area contributed by atoms with E-state index in [-0.39, 0.29) is 10.9 Å². The number of nitrogens with one attached hydrogen (secondary N) is 1. The number of amides is 1. The van der Waals surface area contributed by atoms with E-state index in [1.165, 1.54) is 5.56 Å². The van der Waals surface area contributed by atoms with Crippen molar-refractivity contribution < 1.29 is 4.79 Å². The Kier molecular flexibility index (Phi) is 4.87. The third-order valence-electron chi connectivity index (χ3n) is 3.09. The summed E-state index contributed by atoms with van der Waals surface area (Å²) in [5.41, 5.74) is 8.85. The summed E-state index contributed by atoms with van der Waals surface area (Å²) in [6.07, 6.45) is 0. The first-order valence-electron chi connectivity index (χ1n) is 6.23. The molecule has 1 unspecified atom stereocenters. The van der Waals surface area contributed by atoms with Gasteiger partial charge in [0.15, 0.2) is 0 Å². The predicted molar refractivity (Wildman–Crippen MR) is 86.9 cm³/mol. The number of rotatable bonds is 5. The molecule has 2 rings (SSSR count). The van der Waals surface area contributed by atoms with Gasteiger partial charge in [0.1, 0.15) is 5.92 Å². The van der Waals surface area contributed by atoms with E-state index < -0.39 is 5.92 Å². The van der Waals surface area contributed by atoms with Crippen molar-refractivity contribution in [3.05, 3.63) is 57.8 Å². The molecule has 1 amide bonds. The van der Waals surface area contributed by atoms with E-state index in [1.54, 1.807) is 11.3 Å². The summed E-state index contributed by atoms with van der Waals surface area (Å²) in [6.45, 7) is 2.53. The molecule has 0 bridgehead atoms. The van der Waals surface area contributed by atoms with Gasteiger partial charge < -0.3 is 11.1 Å². The molecule has 0 radical (unpaired) electrons. The van der Waals surface area contributed by atoms with Crippen molar-refractivity contribution in [3.8, 4) is 0 Å². The van der Waals surface area contributed by atoms with Crippen molar-refractivity contribution in [2.45, 2.75) is 19.4 Å². The fraction of sp³-hybridized carbons (Fsp3) is 0.200. The Morgan fingerprint density at radius 1 is 1.35 bits per heavy atom. The van der Waals surface area contributed by atoms with Crippen LogP contribution in [0.2, 0.25) is 0 Å². The smallest absolute Gasteiger partial charge is 0.234 e. The zero-order valence-electron chi connectivity index (χ0n) is 11.1. The summed E-state index contributed by atoms with van der Waals surface area (Å²) >= 11 is 6.66. The Morgan fingerprint density at radius 3 is 2.60 bits per heavy atom. The number of hydrogen-bond acceptors (Lipinski definition) is 3. The normalized spacial score (nSPS) is 11.8. The standard InChI is InChI=1S/C15H16N2OS2/c1-10-8-20-9-12(10)7-17-15(18)13(14(16)19)11-5-3-2-4-6-11/h2-6,8-9,13H,7H2,1H3,(H2,16,19)(H,17,18). The van der Waals surface area contributed by atoms with E-state index in [2.05, 4.69) is 10.7 Å². The lowest BCUT2D eigenvalue weighted by molar-refractivity contribution is -0.121. The lowest BCUT2D eigenvalue weighted by Crippen LogP contribution is -2.35. The molecular formula is C15H16N2OS2. The van der Waals surface area contributed by atoms with Gasteiger partial charge in [0.2, 0.25) is 5.91 Å². The van der Waals surface area contributed by atoms with Crippen LogP contribution in [0, 0.1) is 6.92 Å². The number of thiophene rings is 1. The van der Waals surface area contributed by atoms with Crippen molar-refractivity contribution in [2.24, 2.45) is 5.73 Å². The zero-order chi connectivity index (χ0) is 14.5. The van der Waals surface area contributed by atoms with Crippen LogP contribution in [-0.2, 0) is 11.3 Å². The summed E-state index contributed by atoms with van der Waals surface area (Å²) < 4.78 is 0. The van der Waals surface area contributed by atoms with Crippen LogP contribution in [0.15, 0.2) is 41.1 Å². The molecule has 0 aliphatic rings. The minimum Gasteiger partial charge on any atom is -0.392 e. The van der Waals surface area contributed by atoms with Crippen LogP contribution >= 0.6 is 23.6 Å². The van der Waals surface area contributed by atoms with Gasteiger partial charge >= 0.3 is 0 Å². The quantitative estimate of drug-likeness (QED) is 0.835. The van der Waals surface area contributed by atoms with Crippen LogP contribution in [0.25, 0.3) is 0 Å². The molecule has 2 aromatic rings. The highest BCUT2D eigenvalue weighted by atomic mass is 32.1. The molecule has 0 saturated heterocycles. The molecule has 20 heavy (non-hydrogen) atoms. The average Bonchev–Trinajstić information content (AvgIpc) is 2.83. The summed E-state index contributed by atoms with van der Waals surface area (Å²) in [7, 11) is 0. The van der Waals surface area contributed by atoms with Crippen LogP contribution < -0.4 is 11.1 Å². The van der Waals surface area contributed by atoms with Crippen LogP contribution in [0.5, 0.6) is 0 Å². The van der Waals surface area contributed by atoms with Gasteiger partial charge in [0.05, 0.1) is 4.99 Å². The minimum absolute atomic E-state index is 0.158. The van der Waals surface area contributed by atoms with E-state index in [1.807, 2.05) is 42.6 Å². The van der Waals surface area contributed by atoms with E-state index in [9.17, 15) is 4.79 Å². The van der Waals surface area contributed by atoms with Gasteiger partial charge in [0, 0.05) is 6.54 Å². The van der Waals surface area contributed by atoms with Crippen molar-refractivity contribution in [1.29, 1.82) is 0 Å². The number of aryl methyl sites for hydroxylation is 1. The Hall–Kier alpha value is -1.72. The molecule has 0 spiro atoms. The maximum Gasteiger partial charge on any atom is 0.234 e. The second-order valence-corrected chi connectivity index (χ2v) is 5.76. The molecule has 0 saturated carbocycles. The van der Waals surface area contributed by atoms with Gasteiger partial charge in [-0.25, -0.2) is 0 Å². The van der Waals surface area contributed by atoms with Gasteiger partial charge in [-0.1, -0.05) is 42.5 Å². The summed E-state index contributed by atoms with van der Waals surface area (Å²) in [5, 5.41) is 7.00. The van der Waals surface area contributed by atoms with Crippen LogP contribution in [0.1, 0.15) is 22.6 Å². The number of thiocarbonyl (C=S) groups is 1. The molecule has 1 aromatic carbocycles. The lowest BCUT2D eigenvalue weighted by atomic mass is 9.98. The molecule has 1 heterocycles. The van der Waals surface area contributed by atoms with E-state index >= 15 is 0 Å². The Labute approximate surface area is 127 Å². The number of benzene rings is 1.